The molecule has 1 amide bonds. The van der Waals surface area contributed by atoms with Crippen LogP contribution in [0.1, 0.15) is 38.2 Å². The standard InChI is InChI=1S/C18H24N4O2/c1-3-21-13-18(6-4-16(21)23)7-10-22(11-8-18)15-5-9-20-17(24-2)14(15)12-19/h5,9H,3-4,6-8,10-11,13H2,1-2H3. The highest BCUT2D eigenvalue weighted by molar-refractivity contribution is 5.77. The number of hydrogen-bond acceptors (Lipinski definition) is 5. The first-order valence-electron chi connectivity index (χ1n) is 8.58. The third-order valence-electron chi connectivity index (χ3n) is 5.49. The van der Waals surface area contributed by atoms with E-state index in [4.69, 9.17) is 4.74 Å². The Morgan fingerprint density at radius 2 is 2.12 bits per heavy atom. The Labute approximate surface area is 143 Å². The molecule has 2 aliphatic heterocycles. The summed E-state index contributed by atoms with van der Waals surface area (Å²) in [6.45, 7) is 5.51. The predicted octanol–water partition coefficient (Wildman–Crippen LogP) is 2.19. The Bertz CT molecular complexity index is 659. The highest BCUT2D eigenvalue weighted by Gasteiger charge is 2.40. The number of rotatable bonds is 3. The van der Waals surface area contributed by atoms with Crippen LogP contribution in [-0.2, 0) is 4.79 Å². The van der Waals surface area contributed by atoms with Crippen LogP contribution in [-0.4, -0.2) is 49.1 Å². The second-order valence-corrected chi connectivity index (χ2v) is 6.72. The van der Waals surface area contributed by atoms with Crippen LogP contribution < -0.4 is 9.64 Å². The Hall–Kier alpha value is -2.29. The Morgan fingerprint density at radius 1 is 1.38 bits per heavy atom. The maximum absolute atomic E-state index is 11.9. The summed E-state index contributed by atoms with van der Waals surface area (Å²) in [5, 5.41) is 9.46. The molecule has 2 saturated heterocycles. The summed E-state index contributed by atoms with van der Waals surface area (Å²) in [5.41, 5.74) is 1.65. The Kier molecular flexibility index (Phi) is 4.61. The number of aromatic nitrogens is 1. The molecule has 0 aromatic carbocycles. The van der Waals surface area contributed by atoms with Crippen LogP contribution in [0.5, 0.6) is 5.88 Å². The molecule has 0 atom stereocenters. The molecule has 0 unspecified atom stereocenters. The van der Waals surface area contributed by atoms with E-state index in [1.54, 1.807) is 6.20 Å². The molecule has 24 heavy (non-hydrogen) atoms. The average Bonchev–Trinajstić information content (AvgIpc) is 2.63. The molecule has 6 heteroatoms. The number of piperidine rings is 2. The number of anilines is 1. The van der Waals surface area contributed by atoms with Crippen molar-refractivity contribution >= 4 is 11.6 Å². The van der Waals surface area contributed by atoms with Gasteiger partial charge in [-0.15, -0.1) is 0 Å². The number of likely N-dealkylation sites (tertiary alicyclic amines) is 1. The summed E-state index contributed by atoms with van der Waals surface area (Å²) in [5.74, 6) is 0.673. The summed E-state index contributed by atoms with van der Waals surface area (Å²) < 4.78 is 5.21. The van der Waals surface area contributed by atoms with E-state index in [2.05, 4.69) is 22.9 Å². The Morgan fingerprint density at radius 3 is 2.75 bits per heavy atom. The maximum Gasteiger partial charge on any atom is 0.233 e. The van der Waals surface area contributed by atoms with Crippen LogP contribution in [0.2, 0.25) is 0 Å². The lowest BCUT2D eigenvalue weighted by Crippen LogP contribution is -2.51. The van der Waals surface area contributed by atoms with Crippen molar-refractivity contribution in [2.24, 2.45) is 5.41 Å². The molecule has 0 saturated carbocycles. The van der Waals surface area contributed by atoms with Gasteiger partial charge in [0.05, 0.1) is 12.8 Å². The number of nitrogens with zero attached hydrogens (tertiary/aromatic N) is 4. The minimum Gasteiger partial charge on any atom is -0.480 e. The van der Waals surface area contributed by atoms with Gasteiger partial charge in [0.2, 0.25) is 11.8 Å². The van der Waals surface area contributed by atoms with Crippen molar-refractivity contribution in [3.63, 3.8) is 0 Å². The fourth-order valence-corrected chi connectivity index (χ4v) is 3.98. The van der Waals surface area contributed by atoms with Crippen molar-refractivity contribution in [3.8, 4) is 11.9 Å². The van der Waals surface area contributed by atoms with Gasteiger partial charge in [-0.25, -0.2) is 4.98 Å². The molecule has 3 heterocycles. The maximum atomic E-state index is 11.9. The fraction of sp³-hybridized carbons (Fsp3) is 0.611. The molecule has 2 aliphatic rings. The zero-order valence-corrected chi connectivity index (χ0v) is 14.4. The zero-order valence-electron chi connectivity index (χ0n) is 14.4. The molecular formula is C18H24N4O2. The molecule has 3 rings (SSSR count). The van der Waals surface area contributed by atoms with Gasteiger partial charge in [0.25, 0.3) is 0 Å². The van der Waals surface area contributed by atoms with Crippen LogP contribution in [0.3, 0.4) is 0 Å². The number of methoxy groups -OCH3 is 1. The highest BCUT2D eigenvalue weighted by Crippen LogP contribution is 2.41. The number of nitriles is 1. The van der Waals surface area contributed by atoms with Crippen molar-refractivity contribution in [2.45, 2.75) is 32.6 Å². The van der Waals surface area contributed by atoms with E-state index >= 15 is 0 Å². The lowest BCUT2D eigenvalue weighted by Gasteiger charge is -2.47. The molecule has 0 aliphatic carbocycles. The molecule has 6 nitrogen and oxygen atoms in total. The van der Waals surface area contributed by atoms with Gasteiger partial charge in [0, 0.05) is 38.8 Å². The third kappa shape index (κ3) is 2.91. The topological polar surface area (TPSA) is 69.5 Å². The summed E-state index contributed by atoms with van der Waals surface area (Å²) in [6.07, 6.45) is 5.44. The van der Waals surface area contributed by atoms with Crippen LogP contribution in [0, 0.1) is 16.7 Å². The summed E-state index contributed by atoms with van der Waals surface area (Å²) in [6, 6.07) is 4.11. The van der Waals surface area contributed by atoms with Crippen molar-refractivity contribution in [3.05, 3.63) is 17.8 Å². The molecule has 2 fully saturated rings. The van der Waals surface area contributed by atoms with E-state index in [1.165, 1.54) is 7.11 Å². The largest absolute Gasteiger partial charge is 0.480 e. The van der Waals surface area contributed by atoms with E-state index in [0.717, 1.165) is 51.1 Å². The second-order valence-electron chi connectivity index (χ2n) is 6.72. The van der Waals surface area contributed by atoms with Crippen LogP contribution >= 0.6 is 0 Å². The normalized spacial score (nSPS) is 20.1. The molecule has 128 valence electrons. The van der Waals surface area contributed by atoms with Gasteiger partial charge in [0.1, 0.15) is 11.6 Å². The number of ether oxygens (including phenoxy) is 1. The fourth-order valence-electron chi connectivity index (χ4n) is 3.98. The van der Waals surface area contributed by atoms with Gasteiger partial charge in [-0.05, 0) is 37.7 Å². The van der Waals surface area contributed by atoms with Gasteiger partial charge in [0.15, 0.2) is 0 Å². The quantitative estimate of drug-likeness (QED) is 0.851. The molecule has 0 bridgehead atoms. The molecule has 1 aromatic rings. The van der Waals surface area contributed by atoms with Crippen LogP contribution in [0.15, 0.2) is 12.3 Å². The molecule has 0 radical (unpaired) electrons. The second kappa shape index (κ2) is 6.68. The van der Waals surface area contributed by atoms with Crippen molar-refractivity contribution in [1.29, 1.82) is 5.26 Å². The van der Waals surface area contributed by atoms with Crippen molar-refractivity contribution < 1.29 is 9.53 Å². The van der Waals surface area contributed by atoms with Gasteiger partial charge in [-0.2, -0.15) is 5.26 Å². The van der Waals surface area contributed by atoms with Gasteiger partial charge < -0.3 is 14.5 Å². The lowest BCUT2D eigenvalue weighted by molar-refractivity contribution is -0.137. The molecule has 1 spiro atoms. The van der Waals surface area contributed by atoms with E-state index in [9.17, 15) is 10.1 Å². The van der Waals surface area contributed by atoms with Gasteiger partial charge >= 0.3 is 0 Å². The first-order valence-corrected chi connectivity index (χ1v) is 8.58. The number of pyridine rings is 1. The molecule has 1 aromatic heterocycles. The summed E-state index contributed by atoms with van der Waals surface area (Å²) in [4.78, 5) is 20.3. The predicted molar refractivity (Wildman–Crippen MR) is 90.9 cm³/mol. The van der Waals surface area contributed by atoms with E-state index in [-0.39, 0.29) is 11.3 Å². The third-order valence-corrected chi connectivity index (χ3v) is 5.49. The summed E-state index contributed by atoms with van der Waals surface area (Å²) in [7, 11) is 1.54. The van der Waals surface area contributed by atoms with Crippen LogP contribution in [0.4, 0.5) is 5.69 Å². The Balaban J connectivity index is 1.74. The molecular weight excluding hydrogens is 304 g/mol. The smallest absolute Gasteiger partial charge is 0.233 e. The number of amides is 1. The number of hydrogen-bond donors (Lipinski definition) is 0. The number of carbonyl (C=O) groups excluding carboxylic acids is 1. The highest BCUT2D eigenvalue weighted by atomic mass is 16.5. The number of carbonyl (C=O) groups is 1. The summed E-state index contributed by atoms with van der Waals surface area (Å²) >= 11 is 0. The van der Waals surface area contributed by atoms with Gasteiger partial charge in [-0.3, -0.25) is 4.79 Å². The van der Waals surface area contributed by atoms with E-state index in [1.807, 2.05) is 11.0 Å². The van der Waals surface area contributed by atoms with Crippen molar-refractivity contribution in [1.82, 2.24) is 9.88 Å². The van der Waals surface area contributed by atoms with Crippen LogP contribution in [0.25, 0.3) is 0 Å². The first-order chi connectivity index (χ1) is 11.6. The van der Waals surface area contributed by atoms with Gasteiger partial charge in [-0.1, -0.05) is 0 Å². The molecule has 0 N–H and O–H groups in total. The minimum atomic E-state index is 0.240. The van der Waals surface area contributed by atoms with E-state index in [0.29, 0.717) is 17.9 Å². The first kappa shape index (κ1) is 16.6. The van der Waals surface area contributed by atoms with Crippen molar-refractivity contribution in [2.75, 3.05) is 38.2 Å². The zero-order chi connectivity index (χ0) is 17.2. The van der Waals surface area contributed by atoms with E-state index < -0.39 is 0 Å². The SMILES string of the molecule is CCN1CC2(CCC1=O)CCN(c1ccnc(OC)c1C#N)CC2. The lowest BCUT2D eigenvalue weighted by atomic mass is 9.72. The minimum absolute atomic E-state index is 0.240. The average molecular weight is 328 g/mol. The monoisotopic (exact) mass is 328 g/mol.